The standard InChI is InChI=1S/C17H18N4O2S/c1-11-8-12-9-13(24(18,22)23)6-7-16(12)21(11)10-17-19-14-4-2-3-5-15(14)20-17/h2-7,9,11H,8,10H2,1H3,(H,19,20)(H2,18,22,23)/t11-/m1/s1. The second-order valence-corrected chi connectivity index (χ2v) is 7.78. The van der Waals surface area contributed by atoms with Crippen LogP contribution in [0.1, 0.15) is 18.3 Å². The lowest BCUT2D eigenvalue weighted by molar-refractivity contribution is 0.597. The van der Waals surface area contributed by atoms with Crippen molar-refractivity contribution in [2.45, 2.75) is 30.8 Å². The Labute approximate surface area is 140 Å². The van der Waals surface area contributed by atoms with E-state index in [1.54, 1.807) is 12.1 Å². The summed E-state index contributed by atoms with van der Waals surface area (Å²) in [6.07, 6.45) is 0.791. The third-order valence-electron chi connectivity index (χ3n) is 4.49. The largest absolute Gasteiger partial charge is 0.361 e. The molecule has 0 spiro atoms. The Morgan fingerprint density at radius 2 is 2.08 bits per heavy atom. The molecule has 0 aliphatic carbocycles. The number of para-hydroxylation sites is 2. The summed E-state index contributed by atoms with van der Waals surface area (Å²) in [6, 6.07) is 13.3. The van der Waals surface area contributed by atoms with Crippen molar-refractivity contribution in [2.24, 2.45) is 5.14 Å². The molecule has 1 aromatic heterocycles. The monoisotopic (exact) mass is 342 g/mol. The normalized spacial score (nSPS) is 17.4. The quantitative estimate of drug-likeness (QED) is 0.763. The first kappa shape index (κ1) is 15.2. The third-order valence-corrected chi connectivity index (χ3v) is 5.41. The van der Waals surface area contributed by atoms with E-state index in [2.05, 4.69) is 21.8 Å². The molecule has 0 unspecified atom stereocenters. The molecule has 7 heteroatoms. The Balaban J connectivity index is 1.68. The van der Waals surface area contributed by atoms with Gasteiger partial charge in [-0.15, -0.1) is 0 Å². The van der Waals surface area contributed by atoms with Crippen molar-refractivity contribution in [3.8, 4) is 0 Å². The van der Waals surface area contributed by atoms with Gasteiger partial charge in [0.05, 0.1) is 22.5 Å². The predicted molar refractivity (Wildman–Crippen MR) is 93.3 cm³/mol. The van der Waals surface area contributed by atoms with Crippen LogP contribution in [0.3, 0.4) is 0 Å². The van der Waals surface area contributed by atoms with Crippen LogP contribution in [0.2, 0.25) is 0 Å². The van der Waals surface area contributed by atoms with E-state index in [1.165, 1.54) is 0 Å². The van der Waals surface area contributed by atoms with Gasteiger partial charge in [-0.05, 0) is 49.2 Å². The molecule has 1 aliphatic heterocycles. The number of rotatable bonds is 3. The number of hydrogen-bond acceptors (Lipinski definition) is 4. The van der Waals surface area contributed by atoms with Crippen molar-refractivity contribution in [1.82, 2.24) is 9.97 Å². The Morgan fingerprint density at radius 3 is 2.83 bits per heavy atom. The fourth-order valence-corrected chi connectivity index (χ4v) is 3.90. The van der Waals surface area contributed by atoms with Crippen LogP contribution in [0.4, 0.5) is 5.69 Å². The van der Waals surface area contributed by atoms with E-state index in [0.717, 1.165) is 34.5 Å². The summed E-state index contributed by atoms with van der Waals surface area (Å²) in [7, 11) is -3.67. The number of benzene rings is 2. The first-order valence-corrected chi connectivity index (χ1v) is 9.32. The van der Waals surface area contributed by atoms with Crippen molar-refractivity contribution in [2.75, 3.05) is 4.90 Å². The maximum Gasteiger partial charge on any atom is 0.238 e. The molecule has 24 heavy (non-hydrogen) atoms. The SMILES string of the molecule is C[C@@H]1Cc2cc(S(N)(=O)=O)ccc2N1Cc1nc2ccccc2[nH]1. The van der Waals surface area contributed by atoms with Crippen molar-refractivity contribution >= 4 is 26.7 Å². The van der Waals surface area contributed by atoms with Crippen molar-refractivity contribution in [1.29, 1.82) is 0 Å². The molecule has 2 aromatic carbocycles. The van der Waals surface area contributed by atoms with Crippen LogP contribution in [-0.4, -0.2) is 24.4 Å². The van der Waals surface area contributed by atoms with Gasteiger partial charge in [-0.2, -0.15) is 0 Å². The zero-order valence-electron chi connectivity index (χ0n) is 13.2. The number of nitrogens with zero attached hydrogens (tertiary/aromatic N) is 2. The van der Waals surface area contributed by atoms with Crippen molar-refractivity contribution in [3.05, 3.63) is 53.9 Å². The lowest BCUT2D eigenvalue weighted by Gasteiger charge is -2.23. The van der Waals surface area contributed by atoms with E-state index in [4.69, 9.17) is 5.14 Å². The molecule has 1 atom stereocenters. The second-order valence-electron chi connectivity index (χ2n) is 6.22. The highest BCUT2D eigenvalue weighted by atomic mass is 32.2. The van der Waals surface area contributed by atoms with Crippen LogP contribution in [-0.2, 0) is 23.0 Å². The fraction of sp³-hybridized carbons (Fsp3) is 0.235. The van der Waals surface area contributed by atoms with E-state index in [-0.39, 0.29) is 10.9 Å². The van der Waals surface area contributed by atoms with Gasteiger partial charge in [-0.25, -0.2) is 18.5 Å². The minimum Gasteiger partial charge on any atom is -0.361 e. The number of H-pyrrole nitrogens is 1. The lowest BCUT2D eigenvalue weighted by Crippen LogP contribution is -2.29. The molecule has 0 fully saturated rings. The number of anilines is 1. The zero-order valence-corrected chi connectivity index (χ0v) is 14.0. The van der Waals surface area contributed by atoms with Crippen LogP contribution in [0.25, 0.3) is 11.0 Å². The number of nitrogens with one attached hydrogen (secondary N) is 1. The van der Waals surface area contributed by atoms with Crippen LogP contribution in [0.5, 0.6) is 0 Å². The molecule has 3 N–H and O–H groups in total. The van der Waals surface area contributed by atoms with Gasteiger partial charge in [0.2, 0.25) is 10.0 Å². The van der Waals surface area contributed by atoms with Crippen LogP contribution in [0.15, 0.2) is 47.4 Å². The average Bonchev–Trinajstić information content (AvgIpc) is 3.07. The first-order valence-electron chi connectivity index (χ1n) is 7.78. The highest BCUT2D eigenvalue weighted by Crippen LogP contribution is 2.34. The second kappa shape index (κ2) is 5.32. The number of aromatic nitrogens is 2. The fourth-order valence-electron chi connectivity index (χ4n) is 3.33. The number of fused-ring (bicyclic) bond motifs is 2. The Bertz CT molecular complexity index is 993. The van der Waals surface area contributed by atoms with E-state index in [9.17, 15) is 8.42 Å². The highest BCUT2D eigenvalue weighted by Gasteiger charge is 2.28. The van der Waals surface area contributed by atoms with Gasteiger partial charge in [0.15, 0.2) is 0 Å². The molecule has 0 saturated heterocycles. The van der Waals surface area contributed by atoms with Gasteiger partial charge in [0.25, 0.3) is 0 Å². The molecule has 3 aromatic rings. The Morgan fingerprint density at radius 1 is 1.29 bits per heavy atom. The Kier molecular flexibility index (Phi) is 3.36. The number of nitrogens with two attached hydrogens (primary N) is 1. The van der Waals surface area contributed by atoms with Crippen LogP contribution < -0.4 is 10.0 Å². The van der Waals surface area contributed by atoms with Crippen molar-refractivity contribution in [3.63, 3.8) is 0 Å². The van der Waals surface area contributed by atoms with Gasteiger partial charge < -0.3 is 9.88 Å². The summed E-state index contributed by atoms with van der Waals surface area (Å²) in [5.41, 5.74) is 4.01. The molecule has 0 radical (unpaired) electrons. The molecular weight excluding hydrogens is 324 g/mol. The maximum absolute atomic E-state index is 11.5. The smallest absolute Gasteiger partial charge is 0.238 e. The van der Waals surface area contributed by atoms with Gasteiger partial charge in [-0.3, -0.25) is 0 Å². The van der Waals surface area contributed by atoms with Gasteiger partial charge in [0, 0.05) is 11.7 Å². The first-order chi connectivity index (χ1) is 11.4. The highest BCUT2D eigenvalue weighted by molar-refractivity contribution is 7.89. The maximum atomic E-state index is 11.5. The summed E-state index contributed by atoms with van der Waals surface area (Å²) in [5.74, 6) is 0.895. The Hall–Kier alpha value is -2.38. The molecule has 2 heterocycles. The molecule has 1 aliphatic rings. The summed E-state index contributed by atoms with van der Waals surface area (Å²) in [5, 5.41) is 5.23. The number of sulfonamides is 1. The van der Waals surface area contributed by atoms with E-state index < -0.39 is 10.0 Å². The molecule has 124 valence electrons. The van der Waals surface area contributed by atoms with Crippen LogP contribution >= 0.6 is 0 Å². The summed E-state index contributed by atoms with van der Waals surface area (Å²) in [6.45, 7) is 2.77. The topological polar surface area (TPSA) is 92.1 Å². The number of imidazole rings is 1. The van der Waals surface area contributed by atoms with Gasteiger partial charge in [-0.1, -0.05) is 12.1 Å². The lowest BCUT2D eigenvalue weighted by atomic mass is 10.1. The van der Waals surface area contributed by atoms with E-state index in [0.29, 0.717) is 6.54 Å². The number of primary sulfonamides is 1. The number of hydrogen-bond donors (Lipinski definition) is 2. The third kappa shape index (κ3) is 2.55. The summed E-state index contributed by atoms with van der Waals surface area (Å²) >= 11 is 0. The minimum absolute atomic E-state index is 0.166. The van der Waals surface area contributed by atoms with E-state index >= 15 is 0 Å². The molecular formula is C17H18N4O2S. The molecule has 0 saturated carbocycles. The average molecular weight is 342 g/mol. The molecule has 0 bridgehead atoms. The van der Waals surface area contributed by atoms with Gasteiger partial charge >= 0.3 is 0 Å². The molecule has 6 nitrogen and oxygen atoms in total. The summed E-state index contributed by atoms with van der Waals surface area (Å²) < 4.78 is 23.1. The zero-order chi connectivity index (χ0) is 16.9. The minimum atomic E-state index is -3.67. The summed E-state index contributed by atoms with van der Waals surface area (Å²) in [4.78, 5) is 10.4. The number of aromatic amines is 1. The van der Waals surface area contributed by atoms with Crippen LogP contribution in [0, 0.1) is 0 Å². The predicted octanol–water partition coefficient (Wildman–Crippen LogP) is 2.16. The molecule has 4 rings (SSSR count). The van der Waals surface area contributed by atoms with Crippen molar-refractivity contribution < 1.29 is 8.42 Å². The molecule has 0 amide bonds. The van der Waals surface area contributed by atoms with E-state index in [1.807, 2.05) is 30.3 Å². The van der Waals surface area contributed by atoms with Gasteiger partial charge in [0.1, 0.15) is 5.82 Å².